The van der Waals surface area contributed by atoms with E-state index in [-0.39, 0.29) is 17.9 Å². The topological polar surface area (TPSA) is 49.0 Å². The van der Waals surface area contributed by atoms with Gasteiger partial charge in [-0.25, -0.2) is 4.98 Å². The first-order valence-electron chi connectivity index (χ1n) is 9.08. The minimum atomic E-state index is -0.0776. The van der Waals surface area contributed by atoms with Crippen LogP contribution in [0.2, 0.25) is 0 Å². The van der Waals surface area contributed by atoms with Crippen LogP contribution in [0.1, 0.15) is 49.5 Å². The van der Waals surface area contributed by atoms with Crippen molar-refractivity contribution in [1.29, 1.82) is 0 Å². The molecule has 0 unspecified atom stereocenters. The van der Waals surface area contributed by atoms with Crippen LogP contribution in [0.25, 0.3) is 11.0 Å². The van der Waals surface area contributed by atoms with Gasteiger partial charge in [-0.2, -0.15) is 0 Å². The van der Waals surface area contributed by atoms with Gasteiger partial charge in [-0.15, -0.1) is 0 Å². The van der Waals surface area contributed by atoms with Gasteiger partial charge in [0.05, 0.1) is 23.0 Å². The van der Waals surface area contributed by atoms with Gasteiger partial charge in [0.25, 0.3) is 0 Å². The van der Waals surface area contributed by atoms with Crippen LogP contribution in [-0.4, -0.2) is 27.3 Å². The zero-order chi connectivity index (χ0) is 17.2. The summed E-state index contributed by atoms with van der Waals surface area (Å²) in [5.74, 6) is 1.05. The maximum Gasteiger partial charge on any atom is 0.230 e. The Bertz CT molecular complexity index is 838. The van der Waals surface area contributed by atoms with Gasteiger partial charge in [-0.1, -0.05) is 49.4 Å². The van der Waals surface area contributed by atoms with Gasteiger partial charge in [0.2, 0.25) is 5.91 Å². The average molecular weight is 333 g/mol. The molecule has 1 aliphatic heterocycles. The second kappa shape index (κ2) is 6.71. The molecule has 0 saturated carbocycles. The van der Waals surface area contributed by atoms with E-state index in [1.165, 1.54) is 0 Å². The lowest BCUT2D eigenvalue weighted by Gasteiger charge is -2.27. The number of para-hydroxylation sites is 2. The third kappa shape index (κ3) is 2.93. The van der Waals surface area contributed by atoms with Crippen molar-refractivity contribution in [2.24, 2.45) is 0 Å². The molecule has 2 heterocycles. The molecular weight excluding hydrogens is 310 g/mol. The molecule has 0 aliphatic carbocycles. The number of amides is 1. The number of benzene rings is 2. The lowest BCUT2D eigenvalue weighted by atomic mass is 9.94. The fourth-order valence-electron chi connectivity index (χ4n) is 3.88. The van der Waals surface area contributed by atoms with E-state index in [4.69, 9.17) is 4.98 Å². The molecule has 1 saturated heterocycles. The van der Waals surface area contributed by atoms with Crippen LogP contribution >= 0.6 is 0 Å². The first-order chi connectivity index (χ1) is 12.3. The number of aromatic amines is 1. The highest BCUT2D eigenvalue weighted by Gasteiger charge is 2.35. The Kier molecular flexibility index (Phi) is 4.26. The third-order valence-corrected chi connectivity index (χ3v) is 5.17. The Hall–Kier alpha value is -2.62. The first kappa shape index (κ1) is 15.9. The second-order valence-corrected chi connectivity index (χ2v) is 6.70. The van der Waals surface area contributed by atoms with Crippen molar-refractivity contribution in [3.8, 4) is 0 Å². The minimum absolute atomic E-state index is 0.0534. The van der Waals surface area contributed by atoms with Crippen molar-refractivity contribution < 1.29 is 4.79 Å². The third-order valence-electron chi connectivity index (χ3n) is 5.17. The highest BCUT2D eigenvalue weighted by Crippen LogP contribution is 2.35. The zero-order valence-corrected chi connectivity index (χ0v) is 14.5. The van der Waals surface area contributed by atoms with E-state index < -0.39 is 0 Å². The fourth-order valence-corrected chi connectivity index (χ4v) is 3.88. The van der Waals surface area contributed by atoms with E-state index in [1.54, 1.807) is 0 Å². The summed E-state index contributed by atoms with van der Waals surface area (Å²) in [5, 5.41) is 0. The number of carbonyl (C=O) groups excluding carboxylic acids is 1. The highest BCUT2D eigenvalue weighted by atomic mass is 16.2. The van der Waals surface area contributed by atoms with Crippen LogP contribution in [0.5, 0.6) is 0 Å². The molecule has 128 valence electrons. The summed E-state index contributed by atoms with van der Waals surface area (Å²) in [6.07, 6.45) is 2.81. The fraction of sp³-hybridized carbons (Fsp3) is 0.333. The van der Waals surface area contributed by atoms with Crippen molar-refractivity contribution in [2.75, 3.05) is 6.54 Å². The van der Waals surface area contributed by atoms with Crippen LogP contribution < -0.4 is 0 Å². The maximum atomic E-state index is 13.3. The zero-order valence-electron chi connectivity index (χ0n) is 14.5. The van der Waals surface area contributed by atoms with Crippen LogP contribution in [0.3, 0.4) is 0 Å². The second-order valence-electron chi connectivity index (χ2n) is 6.70. The van der Waals surface area contributed by atoms with Gasteiger partial charge in [0.1, 0.15) is 5.82 Å². The van der Waals surface area contributed by atoms with Gasteiger partial charge in [-0.05, 0) is 37.0 Å². The molecule has 2 atom stereocenters. The number of carbonyl (C=O) groups is 1. The highest BCUT2D eigenvalue weighted by molar-refractivity contribution is 5.84. The molecule has 3 aromatic rings. The molecule has 4 nitrogen and oxygen atoms in total. The smallest absolute Gasteiger partial charge is 0.230 e. The average Bonchev–Trinajstić information content (AvgIpc) is 3.29. The first-order valence-corrected chi connectivity index (χ1v) is 9.08. The maximum absolute atomic E-state index is 13.3. The molecule has 1 aliphatic rings. The van der Waals surface area contributed by atoms with Crippen molar-refractivity contribution in [2.45, 2.75) is 38.1 Å². The van der Waals surface area contributed by atoms with E-state index in [0.717, 1.165) is 48.2 Å². The van der Waals surface area contributed by atoms with E-state index >= 15 is 0 Å². The normalized spacial score (nSPS) is 18.6. The number of H-pyrrole nitrogens is 1. The number of fused-ring (bicyclic) bond motifs is 1. The van der Waals surface area contributed by atoms with Gasteiger partial charge in [0.15, 0.2) is 0 Å². The lowest BCUT2D eigenvalue weighted by molar-refractivity contribution is -0.134. The van der Waals surface area contributed by atoms with Crippen molar-refractivity contribution in [3.63, 3.8) is 0 Å². The van der Waals surface area contributed by atoms with Gasteiger partial charge in [-0.3, -0.25) is 4.79 Å². The Morgan fingerprint density at radius 1 is 1.20 bits per heavy atom. The molecule has 0 radical (unpaired) electrons. The van der Waals surface area contributed by atoms with Crippen molar-refractivity contribution in [1.82, 2.24) is 14.9 Å². The molecule has 0 bridgehead atoms. The number of nitrogens with one attached hydrogen (secondary N) is 1. The Balaban J connectivity index is 1.63. The number of hydrogen-bond acceptors (Lipinski definition) is 2. The molecule has 4 heteroatoms. The van der Waals surface area contributed by atoms with E-state index in [0.29, 0.717) is 0 Å². The Morgan fingerprint density at radius 2 is 1.96 bits per heavy atom. The van der Waals surface area contributed by atoms with Crippen molar-refractivity contribution in [3.05, 3.63) is 66.0 Å². The number of rotatable bonds is 4. The molecule has 1 N–H and O–H groups in total. The van der Waals surface area contributed by atoms with Crippen LogP contribution in [0, 0.1) is 0 Å². The number of hydrogen-bond donors (Lipinski definition) is 1. The van der Waals surface area contributed by atoms with E-state index in [2.05, 4.69) is 24.0 Å². The molecule has 4 rings (SSSR count). The summed E-state index contributed by atoms with van der Waals surface area (Å²) in [7, 11) is 0. The van der Waals surface area contributed by atoms with Crippen molar-refractivity contribution >= 4 is 16.9 Å². The quantitative estimate of drug-likeness (QED) is 0.768. The van der Waals surface area contributed by atoms with Crippen LogP contribution in [0.15, 0.2) is 54.6 Å². The SMILES string of the molecule is CC[C@H](C(=O)N1CCC[C@H]1c1nc2ccccc2[nH]1)c1ccccc1. The molecular formula is C21H23N3O. The van der Waals surface area contributed by atoms with Gasteiger partial charge >= 0.3 is 0 Å². The molecule has 0 spiro atoms. The summed E-state index contributed by atoms with van der Waals surface area (Å²) < 4.78 is 0. The molecule has 1 aromatic heterocycles. The summed E-state index contributed by atoms with van der Waals surface area (Å²) in [6.45, 7) is 2.89. The lowest BCUT2D eigenvalue weighted by Crippen LogP contribution is -2.35. The van der Waals surface area contributed by atoms with E-state index in [9.17, 15) is 4.79 Å². The Morgan fingerprint density at radius 3 is 2.72 bits per heavy atom. The van der Waals surface area contributed by atoms with Gasteiger partial charge in [0, 0.05) is 6.54 Å². The van der Waals surface area contributed by atoms with Crippen LogP contribution in [0.4, 0.5) is 0 Å². The summed E-state index contributed by atoms with van der Waals surface area (Å²) >= 11 is 0. The van der Waals surface area contributed by atoms with Gasteiger partial charge < -0.3 is 9.88 Å². The summed E-state index contributed by atoms with van der Waals surface area (Å²) in [4.78, 5) is 23.4. The predicted molar refractivity (Wildman–Crippen MR) is 99.3 cm³/mol. The molecule has 2 aromatic carbocycles. The standard InChI is InChI=1S/C21H23N3O/c1-2-16(15-9-4-3-5-10-15)21(25)24-14-8-13-19(24)20-22-17-11-6-7-12-18(17)23-20/h3-7,9-12,16,19H,2,8,13-14H2,1H3,(H,22,23)/t16-,19-/m0/s1. The monoisotopic (exact) mass is 333 g/mol. The minimum Gasteiger partial charge on any atom is -0.340 e. The number of aromatic nitrogens is 2. The largest absolute Gasteiger partial charge is 0.340 e. The molecule has 25 heavy (non-hydrogen) atoms. The molecule has 1 amide bonds. The number of imidazole rings is 1. The Labute approximate surface area is 147 Å². The van der Waals surface area contributed by atoms with E-state index in [1.807, 2.05) is 47.4 Å². The number of nitrogens with zero attached hydrogens (tertiary/aromatic N) is 2. The summed E-state index contributed by atoms with van der Waals surface area (Å²) in [5.41, 5.74) is 3.10. The van der Waals surface area contributed by atoms with Crippen LogP contribution in [-0.2, 0) is 4.79 Å². The number of likely N-dealkylation sites (tertiary alicyclic amines) is 1. The molecule has 1 fully saturated rings. The predicted octanol–water partition coefficient (Wildman–Crippen LogP) is 4.42. The summed E-state index contributed by atoms with van der Waals surface area (Å²) in [6, 6.07) is 18.2.